The van der Waals surface area contributed by atoms with E-state index in [1.807, 2.05) is 26.0 Å². The van der Waals surface area contributed by atoms with Crippen molar-refractivity contribution >= 4 is 5.91 Å². The lowest BCUT2D eigenvalue weighted by molar-refractivity contribution is -0.129. The average Bonchev–Trinajstić information content (AvgIpc) is 2.47. The van der Waals surface area contributed by atoms with Crippen molar-refractivity contribution in [2.75, 3.05) is 0 Å². The normalized spacial score (nSPS) is 17.3. The summed E-state index contributed by atoms with van der Waals surface area (Å²) < 4.78 is 5.94. The number of rotatable bonds is 5. The maximum absolute atomic E-state index is 12.4. The van der Waals surface area contributed by atoms with E-state index in [4.69, 9.17) is 4.74 Å². The standard InChI is InChI=1S/C18H27NO2/c1-4-16(18(20)19-15-8-6-5-7-9-15)21-17-11-10-13(2)12-14(17)3/h10-12,15-16H,4-9H2,1-3H3,(H,19,20). The highest BCUT2D eigenvalue weighted by Crippen LogP contribution is 2.22. The zero-order chi connectivity index (χ0) is 15.2. The molecule has 1 aliphatic rings. The van der Waals surface area contributed by atoms with Gasteiger partial charge < -0.3 is 10.1 Å². The van der Waals surface area contributed by atoms with Crippen LogP contribution in [0.4, 0.5) is 0 Å². The third-order valence-electron chi connectivity index (χ3n) is 4.21. The molecule has 1 aromatic carbocycles. The lowest BCUT2D eigenvalue weighted by atomic mass is 9.95. The molecule has 2 rings (SSSR count). The number of carbonyl (C=O) groups excluding carboxylic acids is 1. The summed E-state index contributed by atoms with van der Waals surface area (Å²) in [4.78, 5) is 12.4. The van der Waals surface area contributed by atoms with Gasteiger partial charge in [-0.15, -0.1) is 0 Å². The molecule has 1 fully saturated rings. The Labute approximate surface area is 128 Å². The van der Waals surface area contributed by atoms with Gasteiger partial charge in [0, 0.05) is 6.04 Å². The molecule has 1 amide bonds. The fourth-order valence-electron chi connectivity index (χ4n) is 2.95. The van der Waals surface area contributed by atoms with Crippen LogP contribution in [0.5, 0.6) is 5.75 Å². The van der Waals surface area contributed by atoms with Crippen molar-refractivity contribution < 1.29 is 9.53 Å². The van der Waals surface area contributed by atoms with Gasteiger partial charge in [0.1, 0.15) is 5.75 Å². The van der Waals surface area contributed by atoms with Crippen LogP contribution in [-0.4, -0.2) is 18.1 Å². The van der Waals surface area contributed by atoms with Crippen LogP contribution in [0.15, 0.2) is 18.2 Å². The highest BCUT2D eigenvalue weighted by Gasteiger charge is 2.23. The first-order valence-electron chi connectivity index (χ1n) is 8.14. The molecule has 21 heavy (non-hydrogen) atoms. The minimum atomic E-state index is -0.395. The molecule has 1 aromatic rings. The van der Waals surface area contributed by atoms with E-state index in [1.165, 1.54) is 24.8 Å². The molecule has 0 spiro atoms. The molecule has 0 radical (unpaired) electrons. The van der Waals surface area contributed by atoms with Crippen LogP contribution in [0.3, 0.4) is 0 Å². The van der Waals surface area contributed by atoms with Gasteiger partial charge in [-0.25, -0.2) is 0 Å². The summed E-state index contributed by atoms with van der Waals surface area (Å²) in [5.74, 6) is 0.843. The predicted octanol–water partition coefficient (Wildman–Crippen LogP) is 3.91. The second-order valence-electron chi connectivity index (χ2n) is 6.13. The van der Waals surface area contributed by atoms with Crippen LogP contribution in [0.2, 0.25) is 0 Å². The van der Waals surface area contributed by atoms with Crippen LogP contribution < -0.4 is 10.1 Å². The average molecular weight is 289 g/mol. The van der Waals surface area contributed by atoms with Gasteiger partial charge in [-0.2, -0.15) is 0 Å². The Balaban J connectivity index is 1.96. The summed E-state index contributed by atoms with van der Waals surface area (Å²) in [7, 11) is 0. The largest absolute Gasteiger partial charge is 0.480 e. The van der Waals surface area contributed by atoms with Crippen molar-refractivity contribution in [1.82, 2.24) is 5.32 Å². The molecule has 0 aromatic heterocycles. The Morgan fingerprint density at radius 1 is 1.29 bits per heavy atom. The second kappa shape index (κ2) is 7.48. The minimum Gasteiger partial charge on any atom is -0.480 e. The van der Waals surface area contributed by atoms with Crippen molar-refractivity contribution in [2.24, 2.45) is 0 Å². The van der Waals surface area contributed by atoms with Gasteiger partial charge in [0.15, 0.2) is 6.10 Å². The summed E-state index contributed by atoms with van der Waals surface area (Å²) in [6, 6.07) is 6.40. The Morgan fingerprint density at radius 3 is 2.62 bits per heavy atom. The van der Waals surface area contributed by atoms with Crippen LogP contribution in [0, 0.1) is 13.8 Å². The summed E-state index contributed by atoms with van der Waals surface area (Å²) >= 11 is 0. The summed E-state index contributed by atoms with van der Waals surface area (Å²) in [6.45, 7) is 6.08. The van der Waals surface area contributed by atoms with E-state index in [-0.39, 0.29) is 5.91 Å². The molecule has 1 saturated carbocycles. The van der Waals surface area contributed by atoms with Gasteiger partial charge in [-0.1, -0.05) is 43.9 Å². The van der Waals surface area contributed by atoms with Gasteiger partial charge >= 0.3 is 0 Å². The first-order chi connectivity index (χ1) is 10.1. The molecule has 1 atom stereocenters. The molecule has 3 heteroatoms. The number of benzene rings is 1. The van der Waals surface area contributed by atoms with Crippen molar-refractivity contribution in [3.63, 3.8) is 0 Å². The molecule has 1 N–H and O–H groups in total. The maximum Gasteiger partial charge on any atom is 0.261 e. The number of amides is 1. The fourth-order valence-corrected chi connectivity index (χ4v) is 2.95. The smallest absolute Gasteiger partial charge is 0.261 e. The third-order valence-corrected chi connectivity index (χ3v) is 4.21. The fraction of sp³-hybridized carbons (Fsp3) is 0.611. The Morgan fingerprint density at radius 2 is 2.00 bits per heavy atom. The van der Waals surface area contributed by atoms with Crippen molar-refractivity contribution in [2.45, 2.75) is 71.4 Å². The van der Waals surface area contributed by atoms with Gasteiger partial charge in [0.2, 0.25) is 0 Å². The first kappa shape index (κ1) is 15.9. The predicted molar refractivity (Wildman–Crippen MR) is 85.6 cm³/mol. The Kier molecular flexibility index (Phi) is 5.66. The van der Waals surface area contributed by atoms with Crippen LogP contribution in [0.25, 0.3) is 0 Å². The highest BCUT2D eigenvalue weighted by molar-refractivity contribution is 5.81. The maximum atomic E-state index is 12.4. The number of hydrogen-bond donors (Lipinski definition) is 1. The Hall–Kier alpha value is -1.51. The molecule has 1 aliphatic carbocycles. The quantitative estimate of drug-likeness (QED) is 0.892. The van der Waals surface area contributed by atoms with Gasteiger partial charge in [-0.3, -0.25) is 4.79 Å². The van der Waals surface area contributed by atoms with Gasteiger partial charge in [0.25, 0.3) is 5.91 Å². The van der Waals surface area contributed by atoms with Crippen molar-refractivity contribution in [1.29, 1.82) is 0 Å². The molecular formula is C18H27NO2. The highest BCUT2D eigenvalue weighted by atomic mass is 16.5. The van der Waals surface area contributed by atoms with E-state index in [9.17, 15) is 4.79 Å². The van der Waals surface area contributed by atoms with Crippen molar-refractivity contribution in [3.8, 4) is 5.75 Å². The third kappa shape index (κ3) is 4.48. The number of hydrogen-bond acceptors (Lipinski definition) is 2. The van der Waals surface area contributed by atoms with E-state index in [1.54, 1.807) is 0 Å². The van der Waals surface area contributed by atoms with Gasteiger partial charge in [-0.05, 0) is 44.7 Å². The topological polar surface area (TPSA) is 38.3 Å². The number of carbonyl (C=O) groups is 1. The van der Waals surface area contributed by atoms with E-state index in [2.05, 4.69) is 18.3 Å². The van der Waals surface area contributed by atoms with E-state index >= 15 is 0 Å². The first-order valence-corrected chi connectivity index (χ1v) is 8.14. The van der Waals surface area contributed by atoms with Crippen LogP contribution in [-0.2, 0) is 4.79 Å². The van der Waals surface area contributed by atoms with E-state index in [0.29, 0.717) is 12.5 Å². The van der Waals surface area contributed by atoms with Crippen LogP contribution >= 0.6 is 0 Å². The van der Waals surface area contributed by atoms with Gasteiger partial charge in [0.05, 0.1) is 0 Å². The SMILES string of the molecule is CCC(Oc1ccc(C)cc1C)C(=O)NC1CCCCC1. The molecule has 0 bridgehead atoms. The van der Waals surface area contributed by atoms with E-state index < -0.39 is 6.10 Å². The zero-order valence-electron chi connectivity index (χ0n) is 13.4. The van der Waals surface area contributed by atoms with Crippen LogP contribution in [0.1, 0.15) is 56.6 Å². The van der Waals surface area contributed by atoms with Crippen molar-refractivity contribution in [3.05, 3.63) is 29.3 Å². The molecule has 0 aliphatic heterocycles. The molecule has 3 nitrogen and oxygen atoms in total. The minimum absolute atomic E-state index is 0.0318. The molecule has 116 valence electrons. The summed E-state index contributed by atoms with van der Waals surface area (Å²) in [5, 5.41) is 3.16. The molecule has 1 unspecified atom stereocenters. The molecular weight excluding hydrogens is 262 g/mol. The lowest BCUT2D eigenvalue weighted by Crippen LogP contribution is -2.44. The molecule has 0 saturated heterocycles. The second-order valence-corrected chi connectivity index (χ2v) is 6.13. The summed E-state index contributed by atoms with van der Waals surface area (Å²) in [5.41, 5.74) is 2.29. The van der Waals surface area contributed by atoms with E-state index in [0.717, 1.165) is 24.2 Å². The number of ether oxygens (including phenoxy) is 1. The number of aryl methyl sites for hydroxylation is 2. The summed E-state index contributed by atoms with van der Waals surface area (Å²) in [6.07, 6.45) is 6.24. The number of nitrogens with one attached hydrogen (secondary N) is 1. The zero-order valence-corrected chi connectivity index (χ0v) is 13.4. The lowest BCUT2D eigenvalue weighted by Gasteiger charge is -2.26. The monoisotopic (exact) mass is 289 g/mol. The molecule has 0 heterocycles. The Bertz CT molecular complexity index is 478.